The Morgan fingerprint density at radius 3 is 2.19 bits per heavy atom. The van der Waals surface area contributed by atoms with Gasteiger partial charge in [-0.3, -0.25) is 9.69 Å². The van der Waals surface area contributed by atoms with Crippen molar-refractivity contribution in [2.24, 2.45) is 5.92 Å². The molecule has 0 amide bonds. The lowest BCUT2D eigenvalue weighted by molar-refractivity contribution is -0.141. The van der Waals surface area contributed by atoms with Crippen LogP contribution in [0, 0.1) is 5.92 Å². The van der Waals surface area contributed by atoms with Crippen LogP contribution in [0.5, 0.6) is 0 Å². The Hall–Kier alpha value is -0.610. The molecule has 0 aliphatic carbocycles. The van der Waals surface area contributed by atoms with Gasteiger partial charge in [0.2, 0.25) is 0 Å². The minimum absolute atomic E-state index is 0.295. The Morgan fingerprint density at radius 2 is 1.81 bits per heavy atom. The molecule has 0 aromatic heterocycles. The van der Waals surface area contributed by atoms with Gasteiger partial charge in [0, 0.05) is 25.7 Å². The molecule has 4 heteroatoms. The van der Waals surface area contributed by atoms with Gasteiger partial charge in [-0.05, 0) is 27.4 Å². The summed E-state index contributed by atoms with van der Waals surface area (Å²) in [6.45, 7) is 8.60. The first kappa shape index (κ1) is 15.4. The van der Waals surface area contributed by atoms with Gasteiger partial charge in [-0.25, -0.2) is 0 Å². The molecule has 4 nitrogen and oxygen atoms in total. The molecule has 0 saturated heterocycles. The molecule has 0 fully saturated rings. The minimum atomic E-state index is -0.710. The maximum Gasteiger partial charge on any atom is 0.307 e. The first-order valence-corrected chi connectivity index (χ1v) is 6.00. The number of hydrogen-bond donors (Lipinski definition) is 1. The highest BCUT2D eigenvalue weighted by molar-refractivity contribution is 5.69. The zero-order valence-corrected chi connectivity index (χ0v) is 11.2. The third-order valence-electron chi connectivity index (χ3n) is 2.98. The van der Waals surface area contributed by atoms with E-state index in [9.17, 15) is 4.79 Å². The van der Waals surface area contributed by atoms with Crippen molar-refractivity contribution in [2.75, 3.05) is 33.7 Å². The minimum Gasteiger partial charge on any atom is -0.481 e. The summed E-state index contributed by atoms with van der Waals surface area (Å²) < 4.78 is 0. The van der Waals surface area contributed by atoms with Crippen molar-refractivity contribution in [2.45, 2.75) is 33.2 Å². The molecule has 96 valence electrons. The van der Waals surface area contributed by atoms with E-state index in [1.165, 1.54) is 0 Å². The quantitative estimate of drug-likeness (QED) is 0.684. The normalized spacial score (nSPS) is 15.4. The molecule has 0 spiro atoms. The average molecular weight is 230 g/mol. The molecule has 0 aliphatic heterocycles. The molecule has 0 rings (SSSR count). The fourth-order valence-corrected chi connectivity index (χ4v) is 1.51. The van der Waals surface area contributed by atoms with Crippen LogP contribution >= 0.6 is 0 Å². The molecule has 0 saturated carbocycles. The third kappa shape index (κ3) is 6.08. The summed E-state index contributed by atoms with van der Waals surface area (Å²) in [5, 5.41) is 8.93. The highest BCUT2D eigenvalue weighted by atomic mass is 16.4. The second-order valence-corrected chi connectivity index (χ2v) is 4.79. The van der Waals surface area contributed by atoms with Crippen LogP contribution < -0.4 is 0 Å². The molecular formula is C12H26N2O2. The van der Waals surface area contributed by atoms with Crippen molar-refractivity contribution in [3.05, 3.63) is 0 Å². The Labute approximate surface area is 99.2 Å². The molecule has 0 heterocycles. The lowest BCUT2D eigenvalue weighted by Crippen LogP contribution is -2.41. The molecule has 1 N–H and O–H groups in total. The number of carboxylic acid groups (broad SMARTS) is 1. The summed E-state index contributed by atoms with van der Waals surface area (Å²) in [5.41, 5.74) is 0. The number of rotatable bonds is 8. The van der Waals surface area contributed by atoms with Gasteiger partial charge < -0.3 is 10.0 Å². The van der Waals surface area contributed by atoms with Crippen molar-refractivity contribution < 1.29 is 9.90 Å². The maximum absolute atomic E-state index is 10.8. The van der Waals surface area contributed by atoms with Crippen LogP contribution in [0.15, 0.2) is 0 Å². The van der Waals surface area contributed by atoms with Gasteiger partial charge >= 0.3 is 5.97 Å². The first-order valence-electron chi connectivity index (χ1n) is 6.00. The smallest absolute Gasteiger partial charge is 0.307 e. The van der Waals surface area contributed by atoms with Gasteiger partial charge in [0.25, 0.3) is 0 Å². The number of aliphatic carboxylic acids is 1. The molecule has 0 bridgehead atoms. The molecular weight excluding hydrogens is 204 g/mol. The summed E-state index contributed by atoms with van der Waals surface area (Å²) in [6.07, 6.45) is 1.06. The molecule has 2 atom stereocenters. The summed E-state index contributed by atoms with van der Waals surface area (Å²) in [7, 11) is 4.07. The maximum atomic E-state index is 10.8. The van der Waals surface area contributed by atoms with Crippen LogP contribution in [0.4, 0.5) is 0 Å². The van der Waals surface area contributed by atoms with Crippen molar-refractivity contribution in [1.82, 2.24) is 9.80 Å². The van der Waals surface area contributed by atoms with Crippen LogP contribution in [0.3, 0.4) is 0 Å². The van der Waals surface area contributed by atoms with Gasteiger partial charge in [-0.2, -0.15) is 0 Å². The molecule has 0 radical (unpaired) electrons. The second kappa shape index (κ2) is 7.63. The van der Waals surface area contributed by atoms with E-state index < -0.39 is 5.97 Å². The number of carbonyl (C=O) groups is 1. The van der Waals surface area contributed by atoms with E-state index in [4.69, 9.17) is 5.11 Å². The fourth-order valence-electron chi connectivity index (χ4n) is 1.51. The van der Waals surface area contributed by atoms with Gasteiger partial charge in [-0.15, -0.1) is 0 Å². The highest BCUT2D eigenvalue weighted by Gasteiger charge is 2.19. The monoisotopic (exact) mass is 230 g/mol. The Balaban J connectivity index is 4.25. The van der Waals surface area contributed by atoms with E-state index in [1.807, 2.05) is 14.1 Å². The topological polar surface area (TPSA) is 43.8 Å². The predicted octanol–water partition coefficient (Wildman–Crippen LogP) is 1.37. The number of hydrogen-bond acceptors (Lipinski definition) is 3. The summed E-state index contributed by atoms with van der Waals surface area (Å²) in [5.74, 6) is -1.01. The zero-order chi connectivity index (χ0) is 12.7. The van der Waals surface area contributed by atoms with Gasteiger partial charge in [0.1, 0.15) is 0 Å². The lowest BCUT2D eigenvalue weighted by Gasteiger charge is -2.30. The average Bonchev–Trinajstić information content (AvgIpc) is 2.22. The summed E-state index contributed by atoms with van der Waals surface area (Å²) >= 11 is 0. The molecule has 0 aromatic rings. The number of carboxylic acids is 1. The lowest BCUT2D eigenvalue weighted by atomic mass is 10.1. The van der Waals surface area contributed by atoms with E-state index in [0.29, 0.717) is 12.6 Å². The fraction of sp³-hybridized carbons (Fsp3) is 0.917. The molecule has 0 aromatic carbocycles. The standard InChI is InChI=1S/C12H26N2O2/c1-6-11(3)14(8-7-13(4)5)9-10(2)12(15)16/h10-11H,6-9H2,1-5H3,(H,15,16). The van der Waals surface area contributed by atoms with Crippen LogP contribution in [0.1, 0.15) is 27.2 Å². The van der Waals surface area contributed by atoms with Gasteiger partial charge in [-0.1, -0.05) is 13.8 Å². The van der Waals surface area contributed by atoms with Gasteiger partial charge in [0.15, 0.2) is 0 Å². The van der Waals surface area contributed by atoms with E-state index in [-0.39, 0.29) is 5.92 Å². The van der Waals surface area contributed by atoms with Crippen molar-refractivity contribution in [1.29, 1.82) is 0 Å². The van der Waals surface area contributed by atoms with Gasteiger partial charge in [0.05, 0.1) is 5.92 Å². The van der Waals surface area contributed by atoms with Crippen LogP contribution in [-0.4, -0.2) is 60.6 Å². The van der Waals surface area contributed by atoms with Crippen molar-refractivity contribution in [3.8, 4) is 0 Å². The molecule has 16 heavy (non-hydrogen) atoms. The van der Waals surface area contributed by atoms with Crippen molar-refractivity contribution >= 4 is 5.97 Å². The van der Waals surface area contributed by atoms with E-state index in [2.05, 4.69) is 23.6 Å². The largest absolute Gasteiger partial charge is 0.481 e. The Kier molecular flexibility index (Phi) is 7.34. The summed E-state index contributed by atoms with van der Waals surface area (Å²) in [6, 6.07) is 0.446. The molecule has 0 aliphatic rings. The van der Waals surface area contributed by atoms with E-state index >= 15 is 0 Å². The molecule has 2 unspecified atom stereocenters. The number of nitrogens with zero attached hydrogens (tertiary/aromatic N) is 2. The highest BCUT2D eigenvalue weighted by Crippen LogP contribution is 2.08. The van der Waals surface area contributed by atoms with Crippen LogP contribution in [0.2, 0.25) is 0 Å². The second-order valence-electron chi connectivity index (χ2n) is 4.79. The van der Waals surface area contributed by atoms with Crippen LogP contribution in [-0.2, 0) is 4.79 Å². The van der Waals surface area contributed by atoms with Crippen molar-refractivity contribution in [3.63, 3.8) is 0 Å². The van der Waals surface area contributed by atoms with E-state index in [1.54, 1.807) is 6.92 Å². The third-order valence-corrected chi connectivity index (χ3v) is 2.98. The zero-order valence-electron chi connectivity index (χ0n) is 11.2. The first-order chi connectivity index (χ1) is 7.38. The Bertz CT molecular complexity index is 207. The Morgan fingerprint density at radius 1 is 1.25 bits per heavy atom. The summed E-state index contributed by atoms with van der Waals surface area (Å²) in [4.78, 5) is 15.2. The predicted molar refractivity (Wildman–Crippen MR) is 66.7 cm³/mol. The van der Waals surface area contributed by atoms with Crippen LogP contribution in [0.25, 0.3) is 0 Å². The SMILES string of the molecule is CCC(C)N(CCN(C)C)CC(C)C(=O)O. The van der Waals surface area contributed by atoms with E-state index in [0.717, 1.165) is 19.5 Å². The number of likely N-dealkylation sites (N-methyl/N-ethyl adjacent to an activating group) is 1.